The van der Waals surface area contributed by atoms with Crippen LogP contribution >= 0.6 is 0 Å². The van der Waals surface area contributed by atoms with Crippen LogP contribution in [0.1, 0.15) is 10.6 Å². The molecule has 0 saturated heterocycles. The number of carbonyl (C=O) groups is 1. The first kappa shape index (κ1) is 12.3. The van der Waals surface area contributed by atoms with Gasteiger partial charge in [-0.3, -0.25) is 15.2 Å². The van der Waals surface area contributed by atoms with E-state index in [9.17, 15) is 4.79 Å². The van der Waals surface area contributed by atoms with Crippen LogP contribution in [0.2, 0.25) is 0 Å². The maximum atomic E-state index is 12.2. The Hall–Kier alpha value is -2.75. The van der Waals surface area contributed by atoms with Gasteiger partial charge in [-0.15, -0.1) is 0 Å². The molecule has 100 valence electrons. The molecule has 0 aliphatic rings. The van der Waals surface area contributed by atoms with Crippen molar-refractivity contribution >= 4 is 22.6 Å². The molecule has 1 amide bonds. The van der Waals surface area contributed by atoms with Crippen molar-refractivity contribution in [3.8, 4) is 0 Å². The minimum atomic E-state index is -0.271. The minimum absolute atomic E-state index is 0.271. The first-order chi connectivity index (χ1) is 9.74. The summed E-state index contributed by atoms with van der Waals surface area (Å²) in [7, 11) is 1.79. The highest BCUT2D eigenvalue weighted by molar-refractivity contribution is 5.96. The third-order valence-corrected chi connectivity index (χ3v) is 3.06. The zero-order chi connectivity index (χ0) is 13.9. The lowest BCUT2D eigenvalue weighted by molar-refractivity contribution is 0.0926. The van der Waals surface area contributed by atoms with Gasteiger partial charge in [0.1, 0.15) is 5.58 Å². The topological polar surface area (TPSA) is 45.5 Å². The maximum Gasteiger partial charge on any atom is 0.305 e. The van der Waals surface area contributed by atoms with Crippen LogP contribution in [0.4, 0.5) is 5.69 Å². The summed E-state index contributed by atoms with van der Waals surface area (Å²) in [5, 5.41) is 2.58. The maximum absolute atomic E-state index is 12.2. The van der Waals surface area contributed by atoms with Gasteiger partial charge in [0, 0.05) is 12.4 Å². The summed E-state index contributed by atoms with van der Waals surface area (Å²) < 4.78 is 5.53. The van der Waals surface area contributed by atoms with Crippen molar-refractivity contribution < 1.29 is 9.21 Å². The van der Waals surface area contributed by atoms with Crippen molar-refractivity contribution in [1.29, 1.82) is 0 Å². The minimum Gasteiger partial charge on any atom is -0.451 e. The predicted molar refractivity (Wildman–Crippen MR) is 78.5 cm³/mol. The lowest BCUT2D eigenvalue weighted by atomic mass is 10.2. The summed E-state index contributed by atoms with van der Waals surface area (Å²) in [6.45, 7) is 0. The van der Waals surface area contributed by atoms with Crippen LogP contribution in [0.25, 0.3) is 11.0 Å². The Bertz CT molecular complexity index is 701. The third kappa shape index (κ3) is 2.36. The second kappa shape index (κ2) is 5.09. The number of benzene rings is 2. The van der Waals surface area contributed by atoms with E-state index in [0.717, 1.165) is 11.1 Å². The number of hydrogen-bond donors (Lipinski definition) is 1. The first-order valence-electron chi connectivity index (χ1n) is 6.32. The van der Waals surface area contributed by atoms with Crippen molar-refractivity contribution in [1.82, 2.24) is 5.43 Å². The number of nitrogens with zero attached hydrogens (tertiary/aromatic N) is 1. The standard InChI is InChI=1S/C16H14N2O2/c1-18(13-8-3-2-4-9-13)17-16(19)15-11-12-7-5-6-10-14(12)20-15/h2-11H,1H3,(H,17,19). The fourth-order valence-electron chi connectivity index (χ4n) is 2.02. The number of hydrogen-bond acceptors (Lipinski definition) is 3. The Labute approximate surface area is 116 Å². The number of carbonyl (C=O) groups excluding carboxylic acids is 1. The van der Waals surface area contributed by atoms with E-state index in [0.29, 0.717) is 11.3 Å². The van der Waals surface area contributed by atoms with E-state index in [1.165, 1.54) is 0 Å². The van der Waals surface area contributed by atoms with E-state index in [-0.39, 0.29) is 5.91 Å². The van der Waals surface area contributed by atoms with Gasteiger partial charge < -0.3 is 4.42 Å². The Morgan fingerprint density at radius 2 is 1.75 bits per heavy atom. The average molecular weight is 266 g/mol. The van der Waals surface area contributed by atoms with Crippen LogP contribution < -0.4 is 10.4 Å². The number of rotatable bonds is 3. The van der Waals surface area contributed by atoms with Crippen molar-refractivity contribution in [3.63, 3.8) is 0 Å². The molecule has 1 heterocycles. The molecule has 0 unspecified atom stereocenters. The number of fused-ring (bicyclic) bond motifs is 1. The van der Waals surface area contributed by atoms with Crippen LogP contribution in [0.3, 0.4) is 0 Å². The second-order valence-electron chi connectivity index (χ2n) is 4.48. The lowest BCUT2D eigenvalue weighted by Crippen LogP contribution is -2.39. The Morgan fingerprint density at radius 1 is 1.05 bits per heavy atom. The van der Waals surface area contributed by atoms with Crippen LogP contribution in [0.15, 0.2) is 65.1 Å². The summed E-state index contributed by atoms with van der Waals surface area (Å²) in [5.74, 6) is 0.0292. The Morgan fingerprint density at radius 3 is 2.50 bits per heavy atom. The van der Waals surface area contributed by atoms with Gasteiger partial charge in [-0.1, -0.05) is 36.4 Å². The molecule has 20 heavy (non-hydrogen) atoms. The number of amides is 1. The summed E-state index contributed by atoms with van der Waals surface area (Å²) >= 11 is 0. The van der Waals surface area contributed by atoms with Gasteiger partial charge in [-0.2, -0.15) is 0 Å². The molecular weight excluding hydrogens is 252 g/mol. The smallest absolute Gasteiger partial charge is 0.305 e. The third-order valence-electron chi connectivity index (χ3n) is 3.06. The molecule has 0 aliphatic carbocycles. The van der Waals surface area contributed by atoms with Gasteiger partial charge in [0.2, 0.25) is 0 Å². The molecule has 3 rings (SSSR count). The quantitative estimate of drug-likeness (QED) is 0.740. The fraction of sp³-hybridized carbons (Fsp3) is 0.0625. The zero-order valence-electron chi connectivity index (χ0n) is 11.0. The lowest BCUT2D eigenvalue weighted by Gasteiger charge is -2.19. The molecule has 0 bridgehead atoms. The zero-order valence-corrected chi connectivity index (χ0v) is 11.0. The Kier molecular flexibility index (Phi) is 3.13. The SMILES string of the molecule is CN(NC(=O)c1cc2ccccc2o1)c1ccccc1. The van der Waals surface area contributed by atoms with E-state index in [1.54, 1.807) is 18.1 Å². The Balaban J connectivity index is 1.79. The molecule has 0 fully saturated rings. The monoisotopic (exact) mass is 266 g/mol. The molecule has 0 atom stereocenters. The van der Waals surface area contributed by atoms with Crippen molar-refractivity contribution in [2.75, 3.05) is 12.1 Å². The van der Waals surface area contributed by atoms with Crippen molar-refractivity contribution in [2.45, 2.75) is 0 Å². The van der Waals surface area contributed by atoms with Crippen molar-refractivity contribution in [2.24, 2.45) is 0 Å². The summed E-state index contributed by atoms with van der Waals surface area (Å²) in [4.78, 5) is 12.2. The van der Waals surface area contributed by atoms with Crippen LogP contribution in [-0.4, -0.2) is 13.0 Å². The molecule has 0 saturated carbocycles. The molecule has 0 aliphatic heterocycles. The van der Waals surface area contributed by atoms with E-state index < -0.39 is 0 Å². The number of para-hydroxylation sites is 2. The highest BCUT2D eigenvalue weighted by Crippen LogP contribution is 2.19. The van der Waals surface area contributed by atoms with Crippen LogP contribution in [0, 0.1) is 0 Å². The summed E-state index contributed by atoms with van der Waals surface area (Å²) in [6.07, 6.45) is 0. The molecule has 1 aromatic heterocycles. The largest absolute Gasteiger partial charge is 0.451 e. The molecule has 0 radical (unpaired) electrons. The van der Waals surface area contributed by atoms with Gasteiger partial charge in [0.25, 0.3) is 0 Å². The van der Waals surface area contributed by atoms with E-state index >= 15 is 0 Å². The highest BCUT2D eigenvalue weighted by Gasteiger charge is 2.13. The average Bonchev–Trinajstić information content (AvgIpc) is 2.92. The van der Waals surface area contributed by atoms with E-state index in [1.807, 2.05) is 54.6 Å². The predicted octanol–water partition coefficient (Wildman–Crippen LogP) is 3.21. The number of anilines is 1. The van der Waals surface area contributed by atoms with E-state index in [2.05, 4.69) is 5.43 Å². The highest BCUT2D eigenvalue weighted by atomic mass is 16.3. The molecule has 2 aromatic carbocycles. The van der Waals surface area contributed by atoms with Crippen LogP contribution in [0.5, 0.6) is 0 Å². The van der Waals surface area contributed by atoms with Gasteiger partial charge >= 0.3 is 5.91 Å². The van der Waals surface area contributed by atoms with Gasteiger partial charge in [0.15, 0.2) is 5.76 Å². The van der Waals surface area contributed by atoms with Crippen molar-refractivity contribution in [3.05, 3.63) is 66.4 Å². The molecule has 4 heteroatoms. The molecule has 1 N–H and O–H groups in total. The number of furan rings is 1. The number of nitrogens with one attached hydrogen (secondary N) is 1. The first-order valence-corrected chi connectivity index (χ1v) is 6.32. The molecule has 0 spiro atoms. The molecule has 3 aromatic rings. The van der Waals surface area contributed by atoms with Crippen LogP contribution in [-0.2, 0) is 0 Å². The summed E-state index contributed by atoms with van der Waals surface area (Å²) in [5.41, 5.74) is 4.38. The van der Waals surface area contributed by atoms with Gasteiger partial charge in [-0.05, 0) is 24.3 Å². The van der Waals surface area contributed by atoms with Gasteiger partial charge in [-0.25, -0.2) is 0 Å². The fourth-order valence-corrected chi connectivity index (χ4v) is 2.02. The molecular formula is C16H14N2O2. The number of hydrazine groups is 1. The second-order valence-corrected chi connectivity index (χ2v) is 4.48. The normalized spacial score (nSPS) is 10.4. The van der Waals surface area contributed by atoms with E-state index in [4.69, 9.17) is 4.42 Å². The molecule has 4 nitrogen and oxygen atoms in total. The summed E-state index contributed by atoms with van der Waals surface area (Å²) in [6, 6.07) is 18.9. The van der Waals surface area contributed by atoms with Gasteiger partial charge in [0.05, 0.1) is 5.69 Å².